The second-order valence-electron chi connectivity index (χ2n) is 7.76. The van der Waals surface area contributed by atoms with E-state index in [9.17, 15) is 14.7 Å². The molecule has 122 valence electrons. The summed E-state index contributed by atoms with van der Waals surface area (Å²) in [5, 5.41) is 10.2. The first kappa shape index (κ1) is 14.7. The van der Waals surface area contributed by atoms with Crippen molar-refractivity contribution in [2.24, 2.45) is 17.8 Å². The fourth-order valence-electron chi connectivity index (χ4n) is 5.86. The third-order valence-corrected chi connectivity index (χ3v) is 6.31. The van der Waals surface area contributed by atoms with Gasteiger partial charge in [-0.3, -0.25) is 4.79 Å². The highest BCUT2D eigenvalue weighted by atomic mass is 16.5. The molecule has 1 N–H and O–H groups in total. The van der Waals surface area contributed by atoms with Crippen molar-refractivity contribution in [2.75, 3.05) is 7.11 Å². The molecule has 0 aromatic heterocycles. The zero-order valence-electron chi connectivity index (χ0n) is 13.4. The summed E-state index contributed by atoms with van der Waals surface area (Å²) >= 11 is 0. The van der Waals surface area contributed by atoms with Gasteiger partial charge >= 0.3 is 5.97 Å². The largest absolute Gasteiger partial charge is 0.507 e. The molecule has 0 heterocycles. The quantitative estimate of drug-likeness (QED) is 0.685. The molecule has 4 aliphatic rings. The molecule has 4 aliphatic carbocycles. The van der Waals surface area contributed by atoms with Crippen molar-refractivity contribution in [1.29, 1.82) is 0 Å². The van der Waals surface area contributed by atoms with Gasteiger partial charge in [0.15, 0.2) is 6.29 Å². The molecule has 0 aliphatic heterocycles. The van der Waals surface area contributed by atoms with Crippen LogP contribution in [0.4, 0.5) is 0 Å². The van der Waals surface area contributed by atoms with Gasteiger partial charge in [0.05, 0.1) is 18.2 Å². The van der Waals surface area contributed by atoms with E-state index in [1.807, 2.05) is 0 Å². The number of phenols is 1. The van der Waals surface area contributed by atoms with Gasteiger partial charge in [-0.15, -0.1) is 0 Å². The zero-order valence-corrected chi connectivity index (χ0v) is 13.4. The lowest BCUT2D eigenvalue weighted by atomic mass is 9.47. The fraction of sp³-hybridized carbons (Fsp3) is 0.579. The van der Waals surface area contributed by atoms with Crippen LogP contribution in [0.3, 0.4) is 0 Å². The van der Waals surface area contributed by atoms with Gasteiger partial charge in [0.25, 0.3) is 0 Å². The van der Waals surface area contributed by atoms with Crippen LogP contribution in [0.1, 0.15) is 64.8 Å². The molecule has 0 spiro atoms. The number of aldehydes is 1. The van der Waals surface area contributed by atoms with Crippen LogP contribution in [0.15, 0.2) is 12.1 Å². The minimum absolute atomic E-state index is 0.0293. The minimum atomic E-state index is -0.418. The molecule has 23 heavy (non-hydrogen) atoms. The van der Waals surface area contributed by atoms with Crippen LogP contribution in [0, 0.1) is 17.8 Å². The van der Waals surface area contributed by atoms with E-state index in [0.29, 0.717) is 11.8 Å². The van der Waals surface area contributed by atoms with Gasteiger partial charge in [-0.05, 0) is 79.4 Å². The van der Waals surface area contributed by atoms with Crippen molar-refractivity contribution in [3.05, 3.63) is 28.8 Å². The molecule has 0 unspecified atom stereocenters. The highest BCUT2D eigenvalue weighted by Crippen LogP contribution is 2.61. The van der Waals surface area contributed by atoms with Crippen LogP contribution in [0.2, 0.25) is 0 Å². The maximum absolute atomic E-state index is 12.3. The molecule has 0 atom stereocenters. The Morgan fingerprint density at radius 2 is 1.74 bits per heavy atom. The molecule has 0 radical (unpaired) electrons. The summed E-state index contributed by atoms with van der Waals surface area (Å²) in [7, 11) is 1.36. The normalized spacial score (nSPS) is 34.4. The van der Waals surface area contributed by atoms with Gasteiger partial charge < -0.3 is 9.84 Å². The standard InChI is InChI=1S/C19H22O4/c1-23-18(22)15-5-14(10-20)17(21)6-16(15)19-7-11-2-12(8-19)4-13(3-11)9-19/h5-6,10-13,21H,2-4,7-9H2,1H3. The molecule has 0 saturated heterocycles. The molecular formula is C19H22O4. The number of carbonyl (C=O) groups is 2. The Hall–Kier alpha value is -1.84. The summed E-state index contributed by atoms with van der Waals surface area (Å²) in [5.74, 6) is 1.76. The molecule has 4 saturated carbocycles. The van der Waals surface area contributed by atoms with E-state index in [1.54, 1.807) is 6.07 Å². The van der Waals surface area contributed by atoms with Crippen LogP contribution in [0.25, 0.3) is 0 Å². The number of ether oxygens (including phenoxy) is 1. The first-order valence-electron chi connectivity index (χ1n) is 8.45. The van der Waals surface area contributed by atoms with E-state index < -0.39 is 5.97 Å². The summed E-state index contributed by atoms with van der Waals surface area (Å²) in [6, 6.07) is 3.16. The fourth-order valence-corrected chi connectivity index (χ4v) is 5.86. The molecule has 4 bridgehead atoms. The van der Waals surface area contributed by atoms with E-state index in [0.717, 1.165) is 42.6 Å². The maximum Gasteiger partial charge on any atom is 0.338 e. The van der Waals surface area contributed by atoms with E-state index in [-0.39, 0.29) is 16.7 Å². The molecule has 5 rings (SSSR count). The van der Waals surface area contributed by atoms with Crippen LogP contribution in [0.5, 0.6) is 5.75 Å². The molecule has 1 aromatic carbocycles. The van der Waals surface area contributed by atoms with Crippen molar-refractivity contribution < 1.29 is 19.4 Å². The topological polar surface area (TPSA) is 63.6 Å². The summed E-state index contributed by atoms with van der Waals surface area (Å²) in [4.78, 5) is 23.4. The minimum Gasteiger partial charge on any atom is -0.507 e. The van der Waals surface area contributed by atoms with E-state index in [1.165, 1.54) is 32.4 Å². The zero-order chi connectivity index (χ0) is 16.2. The molecule has 4 fully saturated rings. The summed E-state index contributed by atoms with van der Waals surface area (Å²) in [6.07, 6.45) is 7.78. The number of methoxy groups -OCH3 is 1. The number of carbonyl (C=O) groups excluding carboxylic acids is 2. The molecule has 1 aromatic rings. The monoisotopic (exact) mass is 314 g/mol. The number of esters is 1. The predicted molar refractivity (Wildman–Crippen MR) is 84.7 cm³/mol. The Morgan fingerprint density at radius 1 is 1.17 bits per heavy atom. The van der Waals surface area contributed by atoms with Crippen molar-refractivity contribution >= 4 is 12.3 Å². The van der Waals surface area contributed by atoms with Gasteiger partial charge in [0, 0.05) is 0 Å². The van der Waals surface area contributed by atoms with Crippen LogP contribution < -0.4 is 0 Å². The average molecular weight is 314 g/mol. The van der Waals surface area contributed by atoms with Crippen LogP contribution >= 0.6 is 0 Å². The lowest BCUT2D eigenvalue weighted by molar-refractivity contribution is -0.00602. The molecule has 0 amide bonds. The lowest BCUT2D eigenvalue weighted by Crippen LogP contribution is -2.49. The Balaban J connectivity index is 1.86. The first-order valence-corrected chi connectivity index (χ1v) is 8.45. The maximum atomic E-state index is 12.3. The van der Waals surface area contributed by atoms with Crippen molar-refractivity contribution in [2.45, 2.75) is 43.9 Å². The number of rotatable bonds is 3. The number of benzene rings is 1. The van der Waals surface area contributed by atoms with Gasteiger partial charge in [-0.1, -0.05) is 0 Å². The highest BCUT2D eigenvalue weighted by molar-refractivity contribution is 5.94. The van der Waals surface area contributed by atoms with Gasteiger partial charge in [-0.25, -0.2) is 4.79 Å². The van der Waals surface area contributed by atoms with E-state index in [4.69, 9.17) is 4.74 Å². The average Bonchev–Trinajstić information content (AvgIpc) is 2.52. The Kier molecular flexibility index (Phi) is 3.26. The molecule has 4 nitrogen and oxygen atoms in total. The molecular weight excluding hydrogens is 292 g/mol. The highest BCUT2D eigenvalue weighted by Gasteiger charge is 2.52. The van der Waals surface area contributed by atoms with Crippen LogP contribution in [-0.2, 0) is 10.2 Å². The third-order valence-electron chi connectivity index (χ3n) is 6.31. The second-order valence-corrected chi connectivity index (χ2v) is 7.76. The Bertz CT molecular complexity index is 641. The summed E-state index contributed by atoms with van der Waals surface area (Å²) < 4.78 is 4.94. The van der Waals surface area contributed by atoms with Gasteiger partial charge in [-0.2, -0.15) is 0 Å². The van der Waals surface area contributed by atoms with Crippen LogP contribution in [-0.4, -0.2) is 24.5 Å². The SMILES string of the molecule is COC(=O)c1cc(C=O)c(O)cc1C12CC3CC(CC(C3)C1)C2. The lowest BCUT2D eigenvalue weighted by Gasteiger charge is -2.57. The number of aromatic hydroxyl groups is 1. The second kappa shape index (κ2) is 5.08. The van der Waals surface area contributed by atoms with Gasteiger partial charge in [0.2, 0.25) is 0 Å². The predicted octanol–water partition coefficient (Wildman–Crippen LogP) is 3.46. The van der Waals surface area contributed by atoms with Crippen molar-refractivity contribution in [3.63, 3.8) is 0 Å². The van der Waals surface area contributed by atoms with Gasteiger partial charge in [0.1, 0.15) is 5.75 Å². The Labute approximate surface area is 135 Å². The number of phenolic OH excluding ortho intramolecular Hbond substituents is 1. The van der Waals surface area contributed by atoms with E-state index in [2.05, 4.69) is 0 Å². The van der Waals surface area contributed by atoms with Crippen molar-refractivity contribution in [3.8, 4) is 5.75 Å². The number of hydrogen-bond acceptors (Lipinski definition) is 4. The van der Waals surface area contributed by atoms with Crippen molar-refractivity contribution in [1.82, 2.24) is 0 Å². The summed E-state index contributed by atoms with van der Waals surface area (Å²) in [5.41, 5.74) is 1.47. The Morgan fingerprint density at radius 3 is 2.22 bits per heavy atom. The molecule has 4 heteroatoms. The first-order chi connectivity index (χ1) is 11.0. The summed E-state index contributed by atoms with van der Waals surface area (Å²) in [6.45, 7) is 0. The number of hydrogen-bond donors (Lipinski definition) is 1. The van der Waals surface area contributed by atoms with E-state index >= 15 is 0 Å². The smallest absolute Gasteiger partial charge is 0.338 e. The third kappa shape index (κ3) is 2.19.